The fourth-order valence-corrected chi connectivity index (χ4v) is 2.00. The van der Waals surface area contributed by atoms with Crippen LogP contribution in [0.1, 0.15) is 11.1 Å². The Bertz CT molecular complexity index is 629. The average Bonchev–Trinajstić information content (AvgIpc) is 2.64. The molecule has 2 aromatic rings. The van der Waals surface area contributed by atoms with Crippen LogP contribution in [0.3, 0.4) is 0 Å². The predicted octanol–water partition coefficient (Wildman–Crippen LogP) is 2.16. The van der Waals surface area contributed by atoms with Crippen molar-refractivity contribution < 1.29 is 0 Å². The van der Waals surface area contributed by atoms with Crippen LogP contribution in [0, 0.1) is 0 Å². The summed E-state index contributed by atoms with van der Waals surface area (Å²) in [6, 6.07) is 7.49. The summed E-state index contributed by atoms with van der Waals surface area (Å²) in [5.74, 6) is 0. The van der Waals surface area contributed by atoms with Crippen LogP contribution in [0.5, 0.6) is 0 Å². The molecule has 0 N–H and O–H groups in total. The van der Waals surface area contributed by atoms with Gasteiger partial charge < -0.3 is 0 Å². The molecule has 2 heteroatoms. The molecular weight excluding hydrogens is 186 g/mol. The molecule has 0 unspecified atom stereocenters. The van der Waals surface area contributed by atoms with Gasteiger partial charge in [-0.15, -0.1) is 0 Å². The van der Waals surface area contributed by atoms with Crippen LogP contribution >= 0.6 is 0 Å². The molecular formula is C13H9NO. The third-order valence-electron chi connectivity index (χ3n) is 2.76. The minimum Gasteiger partial charge on any atom is -0.267 e. The molecule has 0 fully saturated rings. The van der Waals surface area contributed by atoms with E-state index in [0.29, 0.717) is 0 Å². The number of fused-ring (bicyclic) bond motifs is 3. The number of nitrogens with zero attached hydrogens (tertiary/aromatic N) is 1. The molecule has 0 saturated heterocycles. The van der Waals surface area contributed by atoms with Gasteiger partial charge in [0.15, 0.2) is 0 Å². The molecule has 1 aromatic heterocycles. The van der Waals surface area contributed by atoms with Gasteiger partial charge in [0.2, 0.25) is 0 Å². The Labute approximate surface area is 86.9 Å². The first-order valence-electron chi connectivity index (χ1n) is 4.93. The normalized spacial score (nSPS) is 13.1. The minimum atomic E-state index is -0.193. The highest BCUT2D eigenvalue weighted by Gasteiger charge is 2.07. The second-order valence-electron chi connectivity index (χ2n) is 3.68. The highest BCUT2D eigenvalue weighted by molar-refractivity contribution is 5.92. The van der Waals surface area contributed by atoms with Crippen molar-refractivity contribution >= 4 is 16.8 Å². The maximum absolute atomic E-state index is 11.1. The van der Waals surface area contributed by atoms with Crippen molar-refractivity contribution in [3.05, 3.63) is 58.0 Å². The van der Waals surface area contributed by atoms with Crippen LogP contribution in [-0.2, 0) is 6.42 Å². The Hall–Kier alpha value is -1.96. The van der Waals surface area contributed by atoms with Crippen molar-refractivity contribution in [2.24, 2.45) is 0 Å². The Kier molecular flexibility index (Phi) is 1.68. The molecule has 0 radical (unpaired) electrons. The third-order valence-corrected chi connectivity index (χ3v) is 2.76. The van der Waals surface area contributed by atoms with Crippen molar-refractivity contribution in [2.45, 2.75) is 6.42 Å². The van der Waals surface area contributed by atoms with Gasteiger partial charge in [0, 0.05) is 17.6 Å². The first-order chi connectivity index (χ1) is 7.34. The summed E-state index contributed by atoms with van der Waals surface area (Å²) in [6.45, 7) is 0. The molecule has 0 bridgehead atoms. The van der Waals surface area contributed by atoms with Crippen molar-refractivity contribution in [1.29, 1.82) is 0 Å². The Balaban J connectivity index is 2.51. The van der Waals surface area contributed by atoms with E-state index in [1.54, 1.807) is 6.20 Å². The van der Waals surface area contributed by atoms with Crippen LogP contribution in [0.25, 0.3) is 16.8 Å². The van der Waals surface area contributed by atoms with Gasteiger partial charge >= 0.3 is 0 Å². The Morgan fingerprint density at radius 1 is 1.13 bits per heavy atom. The number of rotatable bonds is 0. The van der Waals surface area contributed by atoms with E-state index < -0.39 is 0 Å². The smallest absolute Gasteiger partial charge is 0.267 e. The van der Waals surface area contributed by atoms with Crippen molar-refractivity contribution in [3.63, 3.8) is 0 Å². The third kappa shape index (κ3) is 1.26. The molecule has 0 aliphatic heterocycles. The summed E-state index contributed by atoms with van der Waals surface area (Å²) in [6.07, 6.45) is 6.89. The SMILES string of the molecule is O=c1ccc2ccc3c(c2cn1)C=CC3. The number of hydrogen-bond acceptors (Lipinski definition) is 2. The van der Waals surface area contributed by atoms with E-state index in [9.17, 15) is 4.79 Å². The summed E-state index contributed by atoms with van der Waals surface area (Å²) in [5, 5.41) is 2.12. The lowest BCUT2D eigenvalue weighted by molar-refractivity contribution is 1.28. The molecule has 0 amide bonds. The van der Waals surface area contributed by atoms with Crippen LogP contribution in [0.15, 0.2) is 41.3 Å². The topological polar surface area (TPSA) is 30.0 Å². The van der Waals surface area contributed by atoms with Crippen LogP contribution in [-0.4, -0.2) is 4.98 Å². The quantitative estimate of drug-likeness (QED) is 0.644. The van der Waals surface area contributed by atoms with Crippen molar-refractivity contribution in [2.75, 3.05) is 0 Å². The molecule has 15 heavy (non-hydrogen) atoms. The maximum Gasteiger partial charge on any atom is 0.269 e. The van der Waals surface area contributed by atoms with E-state index in [-0.39, 0.29) is 5.56 Å². The van der Waals surface area contributed by atoms with E-state index >= 15 is 0 Å². The minimum absolute atomic E-state index is 0.193. The van der Waals surface area contributed by atoms with Crippen LogP contribution in [0.4, 0.5) is 0 Å². The largest absolute Gasteiger partial charge is 0.269 e. The number of allylic oxidation sites excluding steroid dienone is 1. The zero-order chi connectivity index (χ0) is 10.3. The molecule has 1 aliphatic carbocycles. The number of benzene rings is 1. The van der Waals surface area contributed by atoms with E-state index in [2.05, 4.69) is 23.2 Å². The number of aromatic nitrogens is 1. The van der Waals surface area contributed by atoms with Gasteiger partial charge in [0.1, 0.15) is 0 Å². The lowest BCUT2D eigenvalue weighted by Crippen LogP contribution is -1.96. The van der Waals surface area contributed by atoms with E-state index in [4.69, 9.17) is 0 Å². The van der Waals surface area contributed by atoms with Gasteiger partial charge in [0.25, 0.3) is 5.56 Å². The standard InChI is InChI=1S/C13H9NO/c15-13-7-6-10-5-4-9-2-1-3-11(9)12(10)8-14-13/h1,3-8H,2H2. The first kappa shape index (κ1) is 8.36. The second-order valence-corrected chi connectivity index (χ2v) is 3.68. The molecule has 1 aromatic carbocycles. The van der Waals surface area contributed by atoms with Gasteiger partial charge in [-0.3, -0.25) is 4.79 Å². The van der Waals surface area contributed by atoms with Crippen molar-refractivity contribution in [1.82, 2.24) is 4.98 Å². The molecule has 3 rings (SSSR count). The molecule has 72 valence electrons. The van der Waals surface area contributed by atoms with Crippen LogP contribution < -0.4 is 5.56 Å². The van der Waals surface area contributed by atoms with Crippen LogP contribution in [0.2, 0.25) is 0 Å². The summed E-state index contributed by atoms with van der Waals surface area (Å²) in [7, 11) is 0. The Morgan fingerprint density at radius 2 is 2.00 bits per heavy atom. The van der Waals surface area contributed by atoms with Gasteiger partial charge in [0.05, 0.1) is 0 Å². The highest BCUT2D eigenvalue weighted by Crippen LogP contribution is 2.26. The van der Waals surface area contributed by atoms with Gasteiger partial charge in [-0.1, -0.05) is 24.3 Å². The summed E-state index contributed by atoms with van der Waals surface area (Å²) >= 11 is 0. The molecule has 1 heterocycles. The van der Waals surface area contributed by atoms with Gasteiger partial charge in [-0.25, -0.2) is 4.98 Å². The average molecular weight is 195 g/mol. The molecule has 1 aliphatic rings. The fraction of sp³-hybridized carbons (Fsp3) is 0.0769. The maximum atomic E-state index is 11.1. The van der Waals surface area contributed by atoms with Crippen molar-refractivity contribution in [3.8, 4) is 0 Å². The zero-order valence-electron chi connectivity index (χ0n) is 8.10. The lowest BCUT2D eigenvalue weighted by atomic mass is 10.0. The lowest BCUT2D eigenvalue weighted by Gasteiger charge is -2.00. The summed E-state index contributed by atoms with van der Waals surface area (Å²) in [5.41, 5.74) is 2.32. The summed E-state index contributed by atoms with van der Waals surface area (Å²) < 4.78 is 0. The molecule has 0 saturated carbocycles. The Morgan fingerprint density at radius 3 is 2.93 bits per heavy atom. The molecule has 2 nitrogen and oxygen atoms in total. The first-order valence-corrected chi connectivity index (χ1v) is 4.93. The zero-order valence-corrected chi connectivity index (χ0v) is 8.10. The number of hydrogen-bond donors (Lipinski definition) is 0. The molecule has 0 atom stereocenters. The molecule has 0 spiro atoms. The van der Waals surface area contributed by atoms with Gasteiger partial charge in [-0.05, 0) is 29.0 Å². The van der Waals surface area contributed by atoms with E-state index in [1.165, 1.54) is 17.2 Å². The summed E-state index contributed by atoms with van der Waals surface area (Å²) in [4.78, 5) is 15.0. The van der Waals surface area contributed by atoms with Gasteiger partial charge in [-0.2, -0.15) is 0 Å². The highest BCUT2D eigenvalue weighted by atomic mass is 16.1. The van der Waals surface area contributed by atoms with E-state index in [1.807, 2.05) is 12.1 Å². The monoisotopic (exact) mass is 195 g/mol. The second kappa shape index (κ2) is 3.02. The predicted molar refractivity (Wildman–Crippen MR) is 60.8 cm³/mol. The fourth-order valence-electron chi connectivity index (χ4n) is 2.00. The van der Waals surface area contributed by atoms with E-state index in [0.717, 1.165) is 17.2 Å².